The summed E-state index contributed by atoms with van der Waals surface area (Å²) in [4.78, 5) is 3.23. The second-order valence-corrected chi connectivity index (χ2v) is 5.89. The van der Waals surface area contributed by atoms with Crippen molar-refractivity contribution in [1.29, 1.82) is 0 Å². The van der Waals surface area contributed by atoms with Gasteiger partial charge in [-0.05, 0) is 37.3 Å². The number of aromatic nitrogens is 4. The molecule has 3 aromatic rings. The molecule has 0 amide bonds. The minimum atomic E-state index is 0.731. The number of nitrogens with zero attached hydrogens (tertiary/aromatic N) is 3. The third kappa shape index (κ3) is 2.26. The van der Waals surface area contributed by atoms with Crippen molar-refractivity contribution in [3.63, 3.8) is 0 Å². The molecule has 0 aliphatic rings. The molecule has 0 radical (unpaired) electrons. The number of H-pyrrole nitrogens is 1. The molecule has 0 atom stereocenters. The Morgan fingerprint density at radius 3 is 2.89 bits per heavy atom. The lowest BCUT2D eigenvalue weighted by atomic mass is 10.2. The topological polar surface area (TPSA) is 38.5 Å². The Kier molecular flexibility index (Phi) is 3.06. The third-order valence-electron chi connectivity index (χ3n) is 3.18. The summed E-state index contributed by atoms with van der Waals surface area (Å²) in [6.45, 7) is 2.75. The molecule has 0 aliphatic heterocycles. The summed E-state index contributed by atoms with van der Waals surface area (Å²) in [6, 6.07) is 6.11. The molecule has 0 saturated heterocycles. The first-order valence-corrected chi connectivity index (χ1v) is 7.12. The minimum Gasteiger partial charge on any atom is -0.331 e. The lowest BCUT2D eigenvalue weighted by Crippen LogP contribution is -2.00. The van der Waals surface area contributed by atoms with Gasteiger partial charge in [0.15, 0.2) is 4.77 Å². The van der Waals surface area contributed by atoms with Crippen molar-refractivity contribution in [2.45, 2.75) is 13.5 Å². The number of halogens is 1. The predicted octanol–water partition coefficient (Wildman–Crippen LogP) is 3.55. The molecule has 0 fully saturated rings. The lowest BCUT2D eigenvalue weighted by Gasteiger charge is -2.03. The number of hydrogen-bond acceptors (Lipinski definition) is 2. The van der Waals surface area contributed by atoms with E-state index in [0.29, 0.717) is 0 Å². The summed E-state index contributed by atoms with van der Waals surface area (Å²) in [5.74, 6) is 0. The Hall–Kier alpha value is -1.40. The van der Waals surface area contributed by atoms with Gasteiger partial charge in [0.05, 0.1) is 23.3 Å². The van der Waals surface area contributed by atoms with Crippen molar-refractivity contribution in [3.05, 3.63) is 44.9 Å². The van der Waals surface area contributed by atoms with Gasteiger partial charge >= 0.3 is 0 Å². The summed E-state index contributed by atoms with van der Waals surface area (Å²) in [5.41, 5.74) is 4.37. The number of benzene rings is 1. The van der Waals surface area contributed by atoms with Crippen molar-refractivity contribution in [3.8, 4) is 0 Å². The van der Waals surface area contributed by atoms with E-state index in [9.17, 15) is 0 Å². The van der Waals surface area contributed by atoms with Crippen LogP contribution in [0.2, 0.25) is 0 Å². The van der Waals surface area contributed by atoms with Crippen LogP contribution in [0.1, 0.15) is 11.3 Å². The number of hydrogen-bond donors (Lipinski definition) is 1. The summed E-state index contributed by atoms with van der Waals surface area (Å²) in [7, 11) is 1.93. The van der Waals surface area contributed by atoms with Gasteiger partial charge in [0, 0.05) is 23.3 Å². The summed E-state index contributed by atoms with van der Waals surface area (Å²) < 4.78 is 5.71. The van der Waals surface area contributed by atoms with Crippen molar-refractivity contribution >= 4 is 39.2 Å². The maximum Gasteiger partial charge on any atom is 0.178 e. The standard InChI is InChI=1S/C13H13BrN4S/c1-8-9(6-17(2)16-8)7-18-12-5-10(14)3-4-11(12)15-13(18)19/h3-6H,7H2,1-2H3,(H,15,19). The van der Waals surface area contributed by atoms with Gasteiger partial charge in [0.25, 0.3) is 0 Å². The molecule has 3 rings (SSSR count). The van der Waals surface area contributed by atoms with E-state index in [1.54, 1.807) is 0 Å². The number of aryl methyl sites for hydroxylation is 2. The molecular weight excluding hydrogens is 324 g/mol. The molecule has 0 bridgehead atoms. The first-order chi connectivity index (χ1) is 9.04. The van der Waals surface area contributed by atoms with E-state index in [1.165, 1.54) is 5.56 Å². The van der Waals surface area contributed by atoms with Gasteiger partial charge in [0.2, 0.25) is 0 Å². The molecule has 1 N–H and O–H groups in total. The molecule has 19 heavy (non-hydrogen) atoms. The van der Waals surface area contributed by atoms with Crippen LogP contribution in [-0.4, -0.2) is 19.3 Å². The van der Waals surface area contributed by atoms with Gasteiger partial charge in [-0.3, -0.25) is 4.68 Å². The zero-order valence-electron chi connectivity index (χ0n) is 10.6. The Morgan fingerprint density at radius 2 is 2.21 bits per heavy atom. The Labute approximate surface area is 124 Å². The van der Waals surface area contributed by atoms with E-state index >= 15 is 0 Å². The molecule has 0 aliphatic carbocycles. The van der Waals surface area contributed by atoms with Crippen LogP contribution in [0.3, 0.4) is 0 Å². The fourth-order valence-electron chi connectivity index (χ4n) is 2.26. The third-order valence-corrected chi connectivity index (χ3v) is 4.00. The van der Waals surface area contributed by atoms with Crippen LogP contribution in [-0.2, 0) is 13.6 Å². The highest BCUT2D eigenvalue weighted by molar-refractivity contribution is 9.10. The van der Waals surface area contributed by atoms with Crippen LogP contribution in [0.25, 0.3) is 11.0 Å². The highest BCUT2D eigenvalue weighted by atomic mass is 79.9. The summed E-state index contributed by atoms with van der Waals surface area (Å²) in [5, 5.41) is 4.37. The number of fused-ring (bicyclic) bond motifs is 1. The highest BCUT2D eigenvalue weighted by Gasteiger charge is 2.09. The fourth-order valence-corrected chi connectivity index (χ4v) is 2.88. The molecule has 6 heteroatoms. The molecular formula is C13H13BrN4S. The average molecular weight is 337 g/mol. The monoisotopic (exact) mass is 336 g/mol. The zero-order chi connectivity index (χ0) is 13.6. The van der Waals surface area contributed by atoms with Crippen molar-refractivity contribution in [1.82, 2.24) is 19.3 Å². The summed E-state index contributed by atoms with van der Waals surface area (Å²) >= 11 is 8.91. The van der Waals surface area contributed by atoms with E-state index in [4.69, 9.17) is 12.2 Å². The maximum absolute atomic E-state index is 5.41. The zero-order valence-corrected chi connectivity index (χ0v) is 13.0. The van der Waals surface area contributed by atoms with E-state index in [1.807, 2.05) is 37.0 Å². The molecule has 0 unspecified atom stereocenters. The largest absolute Gasteiger partial charge is 0.331 e. The number of imidazole rings is 1. The number of rotatable bonds is 2. The maximum atomic E-state index is 5.41. The van der Waals surface area contributed by atoms with Crippen molar-refractivity contribution in [2.24, 2.45) is 7.05 Å². The van der Waals surface area contributed by atoms with Gasteiger partial charge in [-0.15, -0.1) is 0 Å². The molecule has 0 saturated carbocycles. The minimum absolute atomic E-state index is 0.731. The lowest BCUT2D eigenvalue weighted by molar-refractivity contribution is 0.755. The smallest absolute Gasteiger partial charge is 0.178 e. The molecule has 2 heterocycles. The van der Waals surface area contributed by atoms with Crippen molar-refractivity contribution < 1.29 is 0 Å². The van der Waals surface area contributed by atoms with Gasteiger partial charge in [0.1, 0.15) is 0 Å². The van der Waals surface area contributed by atoms with Crippen LogP contribution >= 0.6 is 28.1 Å². The average Bonchev–Trinajstić information content (AvgIpc) is 2.81. The second kappa shape index (κ2) is 4.61. The van der Waals surface area contributed by atoms with E-state index in [-0.39, 0.29) is 0 Å². The molecule has 4 nitrogen and oxygen atoms in total. The van der Waals surface area contributed by atoms with Gasteiger partial charge < -0.3 is 9.55 Å². The van der Waals surface area contributed by atoms with Gasteiger partial charge in [-0.2, -0.15) is 5.10 Å². The summed E-state index contributed by atoms with van der Waals surface area (Å²) in [6.07, 6.45) is 2.04. The van der Waals surface area contributed by atoms with Crippen molar-refractivity contribution in [2.75, 3.05) is 0 Å². The van der Waals surface area contributed by atoms with Crippen LogP contribution in [0.5, 0.6) is 0 Å². The van der Waals surface area contributed by atoms with Crippen LogP contribution in [0, 0.1) is 11.7 Å². The fraction of sp³-hybridized carbons (Fsp3) is 0.231. The van der Waals surface area contributed by atoms with E-state index in [2.05, 4.69) is 36.6 Å². The van der Waals surface area contributed by atoms with Crippen LogP contribution in [0.15, 0.2) is 28.9 Å². The van der Waals surface area contributed by atoms with E-state index in [0.717, 1.165) is 32.5 Å². The predicted molar refractivity (Wildman–Crippen MR) is 81.9 cm³/mol. The first kappa shape index (κ1) is 12.6. The number of aromatic amines is 1. The Bertz CT molecular complexity index is 812. The normalized spacial score (nSPS) is 11.3. The molecule has 1 aromatic carbocycles. The van der Waals surface area contributed by atoms with Gasteiger partial charge in [-0.1, -0.05) is 15.9 Å². The SMILES string of the molecule is Cc1nn(C)cc1Cn1c(=S)[nH]c2ccc(Br)cc21. The quantitative estimate of drug-likeness (QED) is 0.727. The van der Waals surface area contributed by atoms with Gasteiger partial charge in [-0.25, -0.2) is 0 Å². The van der Waals surface area contributed by atoms with Crippen LogP contribution < -0.4 is 0 Å². The first-order valence-electron chi connectivity index (χ1n) is 5.92. The molecule has 98 valence electrons. The van der Waals surface area contributed by atoms with Crippen LogP contribution in [0.4, 0.5) is 0 Å². The van der Waals surface area contributed by atoms with E-state index < -0.39 is 0 Å². The Balaban J connectivity index is 2.14. The Morgan fingerprint density at radius 1 is 1.42 bits per heavy atom. The number of nitrogens with one attached hydrogen (secondary N) is 1. The highest BCUT2D eigenvalue weighted by Crippen LogP contribution is 2.21. The molecule has 2 aromatic heterocycles. The molecule has 0 spiro atoms. The second-order valence-electron chi connectivity index (χ2n) is 4.59.